The Morgan fingerprint density at radius 3 is 2.94 bits per heavy atom. The predicted octanol–water partition coefficient (Wildman–Crippen LogP) is 1.81. The molecule has 0 bridgehead atoms. The van der Waals surface area contributed by atoms with Crippen molar-refractivity contribution in [1.29, 1.82) is 0 Å². The summed E-state index contributed by atoms with van der Waals surface area (Å²) in [5.41, 5.74) is 0.969. The van der Waals surface area contributed by atoms with Gasteiger partial charge in [0.15, 0.2) is 0 Å². The van der Waals surface area contributed by atoms with Gasteiger partial charge in [-0.3, -0.25) is 4.79 Å². The van der Waals surface area contributed by atoms with Gasteiger partial charge in [0.1, 0.15) is 12.2 Å². The monoisotopic (exact) mass is 236 g/mol. The quantitative estimate of drug-likeness (QED) is 0.879. The molecule has 0 aliphatic carbocycles. The predicted molar refractivity (Wildman–Crippen MR) is 55.8 cm³/mol. The molecular weight excluding hydrogens is 227 g/mol. The smallest absolute Gasteiger partial charge is 0.312 e. The first kappa shape index (κ1) is 11.3. The van der Waals surface area contributed by atoms with Crippen LogP contribution in [0.1, 0.15) is 11.5 Å². The highest BCUT2D eigenvalue weighted by atomic mass is 19.1. The van der Waals surface area contributed by atoms with E-state index >= 15 is 0 Å². The van der Waals surface area contributed by atoms with Crippen LogP contribution in [0.25, 0.3) is 11.4 Å². The standard InChI is InChI=1S/C11H9FN2O3/c1-6-2-3-7(4-8(6)12)11-13-9(17-14-11)5-10(15)16/h2-4H,5H2,1H3,(H,15,16). The Morgan fingerprint density at radius 2 is 2.29 bits per heavy atom. The van der Waals surface area contributed by atoms with Crippen molar-refractivity contribution in [2.45, 2.75) is 13.3 Å². The second kappa shape index (κ2) is 4.32. The summed E-state index contributed by atoms with van der Waals surface area (Å²) < 4.78 is 18.0. The van der Waals surface area contributed by atoms with E-state index in [9.17, 15) is 9.18 Å². The number of carboxylic acid groups (broad SMARTS) is 1. The van der Waals surface area contributed by atoms with Crippen LogP contribution in [0.3, 0.4) is 0 Å². The van der Waals surface area contributed by atoms with E-state index in [0.717, 1.165) is 0 Å². The van der Waals surface area contributed by atoms with E-state index in [0.29, 0.717) is 11.1 Å². The minimum Gasteiger partial charge on any atom is -0.481 e. The fraction of sp³-hybridized carbons (Fsp3) is 0.182. The number of carboxylic acids is 1. The van der Waals surface area contributed by atoms with Crippen molar-refractivity contribution < 1.29 is 18.8 Å². The Balaban J connectivity index is 2.30. The maximum absolute atomic E-state index is 13.3. The lowest BCUT2D eigenvalue weighted by Gasteiger charge is -1.97. The van der Waals surface area contributed by atoms with Crippen LogP contribution in [0.4, 0.5) is 4.39 Å². The Labute approximate surface area is 95.9 Å². The molecule has 0 saturated carbocycles. The van der Waals surface area contributed by atoms with E-state index in [1.807, 2.05) is 0 Å². The molecule has 1 aromatic heterocycles. The third-order valence-electron chi connectivity index (χ3n) is 2.20. The Kier molecular flexibility index (Phi) is 2.86. The lowest BCUT2D eigenvalue weighted by molar-refractivity contribution is -0.136. The van der Waals surface area contributed by atoms with Crippen molar-refractivity contribution in [2.75, 3.05) is 0 Å². The van der Waals surface area contributed by atoms with Crippen LogP contribution in [-0.2, 0) is 11.2 Å². The van der Waals surface area contributed by atoms with E-state index in [1.165, 1.54) is 6.07 Å². The van der Waals surface area contributed by atoms with E-state index < -0.39 is 5.97 Å². The first-order chi connectivity index (χ1) is 8.06. The molecule has 0 unspecified atom stereocenters. The minimum atomic E-state index is -1.06. The molecule has 1 N–H and O–H groups in total. The summed E-state index contributed by atoms with van der Waals surface area (Å²) in [5.74, 6) is -1.25. The second-order valence-electron chi connectivity index (χ2n) is 3.55. The molecule has 17 heavy (non-hydrogen) atoms. The van der Waals surface area contributed by atoms with E-state index in [1.54, 1.807) is 19.1 Å². The molecule has 0 aliphatic rings. The van der Waals surface area contributed by atoms with Crippen molar-refractivity contribution >= 4 is 5.97 Å². The highest BCUT2D eigenvalue weighted by molar-refractivity contribution is 5.69. The first-order valence-electron chi connectivity index (χ1n) is 4.87. The molecule has 0 aliphatic heterocycles. The van der Waals surface area contributed by atoms with Crippen LogP contribution in [0.5, 0.6) is 0 Å². The normalized spacial score (nSPS) is 10.5. The topological polar surface area (TPSA) is 76.2 Å². The van der Waals surface area contributed by atoms with Gasteiger partial charge in [-0.1, -0.05) is 17.3 Å². The summed E-state index contributed by atoms with van der Waals surface area (Å²) in [6, 6.07) is 4.52. The zero-order valence-electron chi connectivity index (χ0n) is 8.98. The molecule has 2 rings (SSSR count). The molecule has 88 valence electrons. The average molecular weight is 236 g/mol. The van der Waals surface area contributed by atoms with Crippen molar-refractivity contribution in [3.8, 4) is 11.4 Å². The molecule has 5 nitrogen and oxygen atoms in total. The molecule has 0 saturated heterocycles. The summed E-state index contributed by atoms with van der Waals surface area (Å²) in [6.07, 6.45) is -0.346. The van der Waals surface area contributed by atoms with Crippen molar-refractivity contribution in [1.82, 2.24) is 10.1 Å². The molecule has 6 heteroatoms. The van der Waals surface area contributed by atoms with Crippen molar-refractivity contribution in [2.24, 2.45) is 0 Å². The third-order valence-corrected chi connectivity index (χ3v) is 2.20. The fourth-order valence-corrected chi connectivity index (χ4v) is 1.31. The summed E-state index contributed by atoms with van der Waals surface area (Å²) in [6.45, 7) is 1.64. The van der Waals surface area contributed by atoms with Crippen molar-refractivity contribution in [3.05, 3.63) is 35.5 Å². The van der Waals surface area contributed by atoms with Crippen molar-refractivity contribution in [3.63, 3.8) is 0 Å². The van der Waals surface area contributed by atoms with E-state index in [2.05, 4.69) is 10.1 Å². The molecule has 0 spiro atoms. The highest BCUT2D eigenvalue weighted by Crippen LogP contribution is 2.18. The number of benzene rings is 1. The molecule has 1 heterocycles. The van der Waals surface area contributed by atoms with Crippen LogP contribution in [0.15, 0.2) is 22.7 Å². The number of aryl methyl sites for hydroxylation is 1. The van der Waals surface area contributed by atoms with Gasteiger partial charge in [-0.05, 0) is 18.6 Å². The average Bonchev–Trinajstić information content (AvgIpc) is 2.69. The molecule has 0 amide bonds. The Hall–Kier alpha value is -2.24. The second-order valence-corrected chi connectivity index (χ2v) is 3.55. The van der Waals surface area contributed by atoms with Gasteiger partial charge in [-0.15, -0.1) is 0 Å². The van der Waals surface area contributed by atoms with Gasteiger partial charge < -0.3 is 9.63 Å². The zero-order chi connectivity index (χ0) is 12.4. The number of hydrogen-bond donors (Lipinski definition) is 1. The molecular formula is C11H9FN2O3. The maximum Gasteiger partial charge on any atom is 0.312 e. The fourth-order valence-electron chi connectivity index (χ4n) is 1.31. The van der Waals surface area contributed by atoms with E-state index in [4.69, 9.17) is 9.63 Å². The molecule has 0 fully saturated rings. The SMILES string of the molecule is Cc1ccc(-c2noc(CC(=O)O)n2)cc1F. The van der Waals surface area contributed by atoms with Gasteiger partial charge in [0, 0.05) is 5.56 Å². The highest BCUT2D eigenvalue weighted by Gasteiger charge is 2.12. The number of aromatic nitrogens is 2. The number of halogens is 1. The Bertz CT molecular complexity index is 566. The number of nitrogens with zero attached hydrogens (tertiary/aromatic N) is 2. The summed E-state index contributed by atoms with van der Waals surface area (Å²) in [7, 11) is 0. The third kappa shape index (κ3) is 2.47. The van der Waals surface area contributed by atoms with Crippen LogP contribution in [0, 0.1) is 12.7 Å². The van der Waals surface area contributed by atoms with Gasteiger partial charge in [0.2, 0.25) is 11.7 Å². The number of rotatable bonds is 3. The number of hydrogen-bond acceptors (Lipinski definition) is 4. The van der Waals surface area contributed by atoms with Crippen LogP contribution >= 0.6 is 0 Å². The van der Waals surface area contributed by atoms with Gasteiger partial charge in [-0.2, -0.15) is 4.98 Å². The van der Waals surface area contributed by atoms with Crippen LogP contribution in [0.2, 0.25) is 0 Å². The largest absolute Gasteiger partial charge is 0.481 e. The Morgan fingerprint density at radius 1 is 1.53 bits per heavy atom. The van der Waals surface area contributed by atoms with Gasteiger partial charge in [0.25, 0.3) is 0 Å². The number of aliphatic carboxylic acids is 1. The first-order valence-corrected chi connectivity index (χ1v) is 4.87. The molecule has 2 aromatic rings. The number of carbonyl (C=O) groups is 1. The molecule has 0 radical (unpaired) electrons. The van der Waals surface area contributed by atoms with Crippen LogP contribution < -0.4 is 0 Å². The maximum atomic E-state index is 13.3. The summed E-state index contributed by atoms with van der Waals surface area (Å²) in [4.78, 5) is 14.3. The zero-order valence-corrected chi connectivity index (χ0v) is 8.98. The molecule has 0 atom stereocenters. The molecule has 1 aromatic carbocycles. The van der Waals surface area contributed by atoms with Gasteiger partial charge in [0.05, 0.1) is 0 Å². The lowest BCUT2D eigenvalue weighted by atomic mass is 10.1. The minimum absolute atomic E-state index is 0.00603. The summed E-state index contributed by atoms with van der Waals surface area (Å²) >= 11 is 0. The van der Waals surface area contributed by atoms with Gasteiger partial charge >= 0.3 is 5.97 Å². The summed E-state index contributed by atoms with van der Waals surface area (Å²) in [5, 5.41) is 12.1. The van der Waals surface area contributed by atoms with Crippen LogP contribution in [-0.4, -0.2) is 21.2 Å². The van der Waals surface area contributed by atoms with E-state index in [-0.39, 0.29) is 24.0 Å². The lowest BCUT2D eigenvalue weighted by Crippen LogP contribution is -1.99. The van der Waals surface area contributed by atoms with Gasteiger partial charge in [-0.25, -0.2) is 4.39 Å².